The van der Waals surface area contributed by atoms with Crippen LogP contribution < -0.4 is 10.6 Å². The van der Waals surface area contributed by atoms with Crippen LogP contribution in [-0.2, 0) is 17.1 Å². The van der Waals surface area contributed by atoms with Gasteiger partial charge in [0.2, 0.25) is 17.8 Å². The minimum Gasteiger partial charge on any atom is -0.354 e. The smallest absolute Gasteiger partial charge is 0.231 e. The van der Waals surface area contributed by atoms with Crippen LogP contribution in [0.15, 0.2) is 35.5 Å². The maximum atomic E-state index is 12.4. The molecule has 164 valence electrons. The molecule has 0 unspecified atom stereocenters. The summed E-state index contributed by atoms with van der Waals surface area (Å²) in [7, 11) is 0. The van der Waals surface area contributed by atoms with Gasteiger partial charge in [-0.1, -0.05) is 41.6 Å². The molecule has 0 saturated heterocycles. The van der Waals surface area contributed by atoms with Crippen molar-refractivity contribution >= 4 is 41.2 Å². The highest BCUT2D eigenvalue weighted by Crippen LogP contribution is 2.27. The summed E-state index contributed by atoms with van der Waals surface area (Å²) in [5, 5.41) is 15.9. The van der Waals surface area contributed by atoms with Crippen molar-refractivity contribution in [1.82, 2.24) is 24.7 Å². The lowest BCUT2D eigenvalue weighted by Gasteiger charge is -2.09. The van der Waals surface area contributed by atoms with E-state index in [2.05, 4.69) is 30.8 Å². The van der Waals surface area contributed by atoms with Crippen LogP contribution in [0.2, 0.25) is 5.02 Å². The van der Waals surface area contributed by atoms with Crippen molar-refractivity contribution < 1.29 is 4.79 Å². The number of hydrogen-bond donors (Lipinski definition) is 2. The summed E-state index contributed by atoms with van der Waals surface area (Å²) in [6, 6.07) is 9.64. The second-order valence-corrected chi connectivity index (χ2v) is 8.33. The summed E-state index contributed by atoms with van der Waals surface area (Å²) in [4.78, 5) is 21.0. The highest BCUT2D eigenvalue weighted by Gasteiger charge is 2.14. The number of nitrogens with one attached hydrogen (secondary N) is 2. The third-order valence-corrected chi connectivity index (χ3v) is 5.83. The molecule has 0 spiro atoms. The number of carbonyl (C=O) groups excluding carboxylic acids is 1. The number of nitrogens with zero attached hydrogens (tertiary/aromatic N) is 5. The first-order chi connectivity index (χ1) is 15.0. The van der Waals surface area contributed by atoms with Crippen molar-refractivity contribution in [2.45, 2.75) is 51.1 Å². The van der Waals surface area contributed by atoms with Crippen LogP contribution in [0.25, 0.3) is 0 Å². The Morgan fingerprint density at radius 3 is 2.61 bits per heavy atom. The Kier molecular flexibility index (Phi) is 8.25. The van der Waals surface area contributed by atoms with Crippen LogP contribution in [0, 0.1) is 13.8 Å². The molecule has 31 heavy (non-hydrogen) atoms. The molecule has 1 aromatic carbocycles. The fraction of sp³-hybridized carbons (Fsp3) is 0.381. The Morgan fingerprint density at radius 2 is 1.90 bits per heavy atom. The zero-order valence-electron chi connectivity index (χ0n) is 17.9. The first-order valence-corrected chi connectivity index (χ1v) is 11.5. The molecule has 0 fully saturated rings. The Hall–Kier alpha value is -2.65. The van der Waals surface area contributed by atoms with Gasteiger partial charge in [-0.15, -0.1) is 10.2 Å². The number of hydrogen-bond acceptors (Lipinski definition) is 7. The zero-order chi connectivity index (χ0) is 22.2. The molecule has 3 rings (SSSR count). The van der Waals surface area contributed by atoms with Gasteiger partial charge in [0.1, 0.15) is 0 Å². The normalized spacial score (nSPS) is 10.8. The number of rotatable bonds is 10. The molecule has 2 aromatic heterocycles. The molecule has 2 heterocycles. The van der Waals surface area contributed by atoms with E-state index >= 15 is 0 Å². The fourth-order valence-electron chi connectivity index (χ4n) is 2.97. The zero-order valence-corrected chi connectivity index (χ0v) is 19.4. The number of carbonyl (C=O) groups is 1. The van der Waals surface area contributed by atoms with Gasteiger partial charge in [-0.2, -0.15) is 0 Å². The number of amides is 1. The van der Waals surface area contributed by atoms with Crippen LogP contribution in [-0.4, -0.2) is 37.2 Å². The second-order valence-electron chi connectivity index (χ2n) is 6.98. The standard InChI is InChI=1S/C21H26ClN7OS/c1-4-29-20(27-28-21(29)31-13-16-8-5-6-9-17(16)22)26-18(30)10-7-11-23-19-24-14(2)12-15(3)25-19/h5-6,8-9,12H,4,7,10-11,13H2,1-3H3,(H,23,24,25)(H,26,27,30). The maximum absolute atomic E-state index is 12.4. The number of anilines is 2. The van der Waals surface area contributed by atoms with Gasteiger partial charge in [0, 0.05) is 41.7 Å². The Bertz CT molecular complexity index is 1020. The molecule has 0 aliphatic heterocycles. The van der Waals surface area contributed by atoms with Gasteiger partial charge in [-0.25, -0.2) is 9.97 Å². The van der Waals surface area contributed by atoms with Crippen LogP contribution in [0.4, 0.5) is 11.9 Å². The summed E-state index contributed by atoms with van der Waals surface area (Å²) >= 11 is 7.76. The lowest BCUT2D eigenvalue weighted by Crippen LogP contribution is -2.17. The van der Waals surface area contributed by atoms with Gasteiger partial charge in [0.05, 0.1) is 0 Å². The van der Waals surface area contributed by atoms with Crippen molar-refractivity contribution in [2.75, 3.05) is 17.2 Å². The molecule has 0 atom stereocenters. The average Bonchev–Trinajstić information content (AvgIpc) is 3.11. The summed E-state index contributed by atoms with van der Waals surface area (Å²) in [6.07, 6.45) is 1.01. The minimum absolute atomic E-state index is 0.104. The van der Waals surface area contributed by atoms with E-state index in [0.717, 1.165) is 27.1 Å². The molecule has 0 aliphatic carbocycles. The van der Waals surface area contributed by atoms with Gasteiger partial charge in [0.25, 0.3) is 0 Å². The molecule has 2 N–H and O–H groups in total. The van der Waals surface area contributed by atoms with E-state index in [1.54, 1.807) is 0 Å². The van der Waals surface area contributed by atoms with E-state index in [1.807, 2.05) is 55.7 Å². The van der Waals surface area contributed by atoms with Crippen molar-refractivity contribution in [3.63, 3.8) is 0 Å². The van der Waals surface area contributed by atoms with Crippen molar-refractivity contribution in [2.24, 2.45) is 0 Å². The van der Waals surface area contributed by atoms with E-state index in [1.165, 1.54) is 11.8 Å². The molecule has 0 saturated carbocycles. The number of benzene rings is 1. The predicted octanol–water partition coefficient (Wildman–Crippen LogP) is 4.48. The Morgan fingerprint density at radius 1 is 1.16 bits per heavy atom. The number of aryl methyl sites for hydroxylation is 2. The van der Waals surface area contributed by atoms with Crippen molar-refractivity contribution in [1.29, 1.82) is 0 Å². The van der Waals surface area contributed by atoms with E-state index in [0.29, 0.717) is 43.6 Å². The molecule has 0 aliphatic rings. The number of halogens is 1. The molecule has 0 radical (unpaired) electrons. The SMILES string of the molecule is CCn1c(NC(=O)CCCNc2nc(C)cc(C)n2)nnc1SCc1ccccc1Cl. The van der Waals surface area contributed by atoms with Crippen molar-refractivity contribution in [3.8, 4) is 0 Å². The summed E-state index contributed by atoms with van der Waals surface area (Å²) in [6.45, 7) is 7.11. The van der Waals surface area contributed by atoms with E-state index < -0.39 is 0 Å². The third kappa shape index (κ3) is 6.67. The van der Waals surface area contributed by atoms with Gasteiger partial charge in [-0.05, 0) is 44.9 Å². The average molecular weight is 460 g/mol. The Labute approximate surface area is 191 Å². The summed E-state index contributed by atoms with van der Waals surface area (Å²) in [5.41, 5.74) is 2.86. The van der Waals surface area contributed by atoms with Crippen LogP contribution in [0.3, 0.4) is 0 Å². The maximum Gasteiger partial charge on any atom is 0.231 e. The topological polar surface area (TPSA) is 97.6 Å². The lowest BCUT2D eigenvalue weighted by atomic mass is 10.2. The van der Waals surface area contributed by atoms with Gasteiger partial charge >= 0.3 is 0 Å². The van der Waals surface area contributed by atoms with Crippen LogP contribution in [0.5, 0.6) is 0 Å². The van der Waals surface area contributed by atoms with Gasteiger partial charge in [-0.3, -0.25) is 14.7 Å². The Balaban J connectivity index is 1.48. The molecule has 8 nitrogen and oxygen atoms in total. The van der Waals surface area contributed by atoms with E-state index in [4.69, 9.17) is 11.6 Å². The van der Waals surface area contributed by atoms with Gasteiger partial charge < -0.3 is 5.32 Å². The number of thioether (sulfide) groups is 1. The summed E-state index contributed by atoms with van der Waals surface area (Å²) < 4.78 is 1.89. The minimum atomic E-state index is -0.104. The largest absolute Gasteiger partial charge is 0.354 e. The predicted molar refractivity (Wildman–Crippen MR) is 125 cm³/mol. The summed E-state index contributed by atoms with van der Waals surface area (Å²) in [5.74, 6) is 1.62. The molecular formula is C21H26ClN7OS. The third-order valence-electron chi connectivity index (χ3n) is 4.44. The van der Waals surface area contributed by atoms with Crippen LogP contribution >= 0.6 is 23.4 Å². The molecular weight excluding hydrogens is 434 g/mol. The molecule has 1 amide bonds. The quantitative estimate of drug-likeness (QED) is 0.340. The fourth-order valence-corrected chi connectivity index (χ4v) is 4.26. The van der Waals surface area contributed by atoms with Crippen molar-refractivity contribution in [3.05, 3.63) is 52.3 Å². The molecule has 3 aromatic rings. The van der Waals surface area contributed by atoms with Crippen LogP contribution in [0.1, 0.15) is 36.7 Å². The highest BCUT2D eigenvalue weighted by atomic mass is 35.5. The van der Waals surface area contributed by atoms with E-state index in [9.17, 15) is 4.79 Å². The highest BCUT2D eigenvalue weighted by molar-refractivity contribution is 7.98. The molecule has 0 bridgehead atoms. The second kappa shape index (κ2) is 11.1. The number of aromatic nitrogens is 5. The van der Waals surface area contributed by atoms with E-state index in [-0.39, 0.29) is 5.91 Å². The lowest BCUT2D eigenvalue weighted by molar-refractivity contribution is -0.116. The molecule has 10 heteroatoms. The monoisotopic (exact) mass is 459 g/mol. The first kappa shape index (κ1) is 23.0. The first-order valence-electron chi connectivity index (χ1n) is 10.1. The van der Waals surface area contributed by atoms with Gasteiger partial charge in [0.15, 0.2) is 5.16 Å².